The monoisotopic (exact) mass is 280 g/mol. The van der Waals surface area contributed by atoms with Gasteiger partial charge in [-0.2, -0.15) is 0 Å². The summed E-state index contributed by atoms with van der Waals surface area (Å²) in [7, 11) is 0. The molecule has 1 heterocycles. The number of rotatable bonds is 2. The van der Waals surface area contributed by atoms with Gasteiger partial charge in [-0.05, 0) is 41.9 Å². The Labute approximate surface area is 122 Å². The standard InChI is InChI=1S/C16H28N2S/c1-10(2)12-9-17-14(19-12)18-13-15(3,4)11-6-7-16(13,5)8-11/h10-13H,6-9H2,1-5H3,(H,17,18). The molecule has 0 aromatic carbocycles. The Morgan fingerprint density at radius 2 is 2.05 bits per heavy atom. The molecular weight excluding hydrogens is 252 g/mol. The largest absolute Gasteiger partial charge is 0.361 e. The van der Waals surface area contributed by atoms with Crippen molar-refractivity contribution in [2.45, 2.75) is 65.2 Å². The fraction of sp³-hybridized carbons (Fsp3) is 0.938. The molecule has 108 valence electrons. The summed E-state index contributed by atoms with van der Waals surface area (Å²) in [6.07, 6.45) is 4.23. The predicted molar refractivity (Wildman–Crippen MR) is 84.7 cm³/mol. The Hall–Kier alpha value is -0.180. The number of aliphatic imine (C=N–C) groups is 1. The summed E-state index contributed by atoms with van der Waals surface area (Å²) in [4.78, 5) is 4.75. The topological polar surface area (TPSA) is 24.4 Å². The molecule has 2 fully saturated rings. The van der Waals surface area contributed by atoms with Crippen LogP contribution in [0.4, 0.5) is 0 Å². The molecule has 3 aliphatic rings. The van der Waals surface area contributed by atoms with Crippen molar-refractivity contribution in [3.63, 3.8) is 0 Å². The molecule has 0 amide bonds. The molecule has 0 radical (unpaired) electrons. The van der Waals surface area contributed by atoms with Gasteiger partial charge in [-0.1, -0.05) is 46.4 Å². The highest BCUT2D eigenvalue weighted by molar-refractivity contribution is 8.14. The zero-order valence-electron chi connectivity index (χ0n) is 13.0. The van der Waals surface area contributed by atoms with Crippen LogP contribution in [0, 0.1) is 22.7 Å². The lowest BCUT2D eigenvalue weighted by atomic mass is 9.68. The summed E-state index contributed by atoms with van der Waals surface area (Å²) in [5, 5.41) is 5.73. The van der Waals surface area contributed by atoms with E-state index in [1.807, 2.05) is 11.8 Å². The molecule has 0 saturated heterocycles. The van der Waals surface area contributed by atoms with E-state index < -0.39 is 0 Å². The second-order valence-corrected chi connectivity index (χ2v) is 9.27. The normalized spacial score (nSPS) is 43.9. The highest BCUT2D eigenvalue weighted by Crippen LogP contribution is 2.62. The minimum Gasteiger partial charge on any atom is -0.361 e. The first-order valence-corrected chi connectivity index (χ1v) is 8.68. The molecule has 2 saturated carbocycles. The van der Waals surface area contributed by atoms with Gasteiger partial charge in [0.15, 0.2) is 5.17 Å². The number of hydrogen-bond donors (Lipinski definition) is 1. The zero-order chi connectivity index (χ0) is 13.8. The van der Waals surface area contributed by atoms with Crippen LogP contribution in [0.3, 0.4) is 0 Å². The Morgan fingerprint density at radius 1 is 1.32 bits per heavy atom. The summed E-state index contributed by atoms with van der Waals surface area (Å²) in [5.74, 6) is 1.62. The third-order valence-corrected chi connectivity index (χ3v) is 7.43. The van der Waals surface area contributed by atoms with Crippen LogP contribution in [0.15, 0.2) is 4.99 Å². The fourth-order valence-electron chi connectivity index (χ4n) is 4.60. The predicted octanol–water partition coefficient (Wildman–Crippen LogP) is 3.92. The number of amidine groups is 1. The van der Waals surface area contributed by atoms with E-state index in [4.69, 9.17) is 4.99 Å². The lowest BCUT2D eigenvalue weighted by Gasteiger charge is -2.43. The first-order chi connectivity index (χ1) is 8.83. The SMILES string of the molecule is CC(C)C1CN=C(NC2C3(C)CCC(C3)C2(C)C)S1. The van der Waals surface area contributed by atoms with E-state index in [1.54, 1.807) is 0 Å². The van der Waals surface area contributed by atoms with Crippen LogP contribution in [0.2, 0.25) is 0 Å². The molecule has 2 aliphatic carbocycles. The van der Waals surface area contributed by atoms with Crippen molar-refractivity contribution in [2.24, 2.45) is 27.7 Å². The first kappa shape index (κ1) is 13.8. The van der Waals surface area contributed by atoms with Crippen molar-refractivity contribution >= 4 is 16.9 Å². The van der Waals surface area contributed by atoms with Crippen LogP contribution in [-0.2, 0) is 0 Å². The molecule has 19 heavy (non-hydrogen) atoms. The summed E-state index contributed by atoms with van der Waals surface area (Å²) < 4.78 is 0. The Kier molecular flexibility index (Phi) is 3.20. The van der Waals surface area contributed by atoms with Gasteiger partial charge in [0, 0.05) is 11.3 Å². The van der Waals surface area contributed by atoms with Gasteiger partial charge in [0.25, 0.3) is 0 Å². The van der Waals surface area contributed by atoms with Crippen molar-refractivity contribution < 1.29 is 0 Å². The zero-order valence-corrected chi connectivity index (χ0v) is 13.8. The average molecular weight is 280 g/mol. The van der Waals surface area contributed by atoms with Crippen LogP contribution in [0.5, 0.6) is 0 Å². The minimum atomic E-state index is 0.423. The molecule has 0 spiro atoms. The highest BCUT2D eigenvalue weighted by atomic mass is 32.2. The fourth-order valence-corrected chi connectivity index (χ4v) is 5.65. The first-order valence-electron chi connectivity index (χ1n) is 7.80. The van der Waals surface area contributed by atoms with Gasteiger partial charge < -0.3 is 5.32 Å². The van der Waals surface area contributed by atoms with E-state index in [0.29, 0.717) is 22.1 Å². The number of fused-ring (bicyclic) bond motifs is 2. The van der Waals surface area contributed by atoms with Crippen LogP contribution >= 0.6 is 11.8 Å². The van der Waals surface area contributed by atoms with Crippen molar-refractivity contribution in [2.75, 3.05) is 6.54 Å². The summed E-state index contributed by atoms with van der Waals surface area (Å²) >= 11 is 1.97. The third kappa shape index (κ3) is 2.12. The second-order valence-electron chi connectivity index (χ2n) is 8.04. The Balaban J connectivity index is 1.71. The van der Waals surface area contributed by atoms with Gasteiger partial charge in [-0.25, -0.2) is 0 Å². The van der Waals surface area contributed by atoms with Crippen LogP contribution in [-0.4, -0.2) is 23.0 Å². The summed E-state index contributed by atoms with van der Waals surface area (Å²) in [6.45, 7) is 13.0. The van der Waals surface area contributed by atoms with Crippen molar-refractivity contribution in [1.29, 1.82) is 0 Å². The van der Waals surface area contributed by atoms with E-state index in [1.165, 1.54) is 24.4 Å². The molecule has 4 atom stereocenters. The third-order valence-electron chi connectivity index (χ3n) is 5.96. The molecule has 2 bridgehead atoms. The molecule has 3 heteroatoms. The van der Waals surface area contributed by atoms with Crippen LogP contribution in [0.25, 0.3) is 0 Å². The lowest BCUT2D eigenvalue weighted by Crippen LogP contribution is -2.51. The van der Waals surface area contributed by atoms with Gasteiger partial charge in [-0.15, -0.1) is 0 Å². The molecule has 4 unspecified atom stereocenters. The maximum absolute atomic E-state index is 4.75. The maximum atomic E-state index is 4.75. The van der Waals surface area contributed by atoms with Gasteiger partial charge in [0.1, 0.15) is 0 Å². The van der Waals surface area contributed by atoms with Gasteiger partial charge >= 0.3 is 0 Å². The number of thioether (sulfide) groups is 1. The molecule has 1 N–H and O–H groups in total. The van der Waals surface area contributed by atoms with Crippen molar-refractivity contribution in [3.8, 4) is 0 Å². The minimum absolute atomic E-state index is 0.423. The molecular formula is C16H28N2S. The van der Waals surface area contributed by atoms with Gasteiger partial charge in [-0.3, -0.25) is 4.99 Å². The Bertz CT molecular complexity index is 397. The van der Waals surface area contributed by atoms with Crippen LogP contribution < -0.4 is 5.32 Å². The molecule has 1 aliphatic heterocycles. The van der Waals surface area contributed by atoms with E-state index in [2.05, 4.69) is 39.9 Å². The number of nitrogens with one attached hydrogen (secondary N) is 1. The maximum Gasteiger partial charge on any atom is 0.157 e. The highest BCUT2D eigenvalue weighted by Gasteiger charge is 2.59. The van der Waals surface area contributed by atoms with Gasteiger partial charge in [0.05, 0.1) is 6.54 Å². The van der Waals surface area contributed by atoms with Gasteiger partial charge in [0.2, 0.25) is 0 Å². The summed E-state index contributed by atoms with van der Waals surface area (Å²) in [6, 6.07) is 0.607. The molecule has 2 nitrogen and oxygen atoms in total. The number of nitrogens with zero attached hydrogens (tertiary/aromatic N) is 1. The smallest absolute Gasteiger partial charge is 0.157 e. The summed E-state index contributed by atoms with van der Waals surface area (Å²) in [5.41, 5.74) is 0.916. The van der Waals surface area contributed by atoms with E-state index in [9.17, 15) is 0 Å². The van der Waals surface area contributed by atoms with E-state index >= 15 is 0 Å². The van der Waals surface area contributed by atoms with Crippen molar-refractivity contribution in [3.05, 3.63) is 0 Å². The quantitative estimate of drug-likeness (QED) is 0.829. The van der Waals surface area contributed by atoms with E-state index in [-0.39, 0.29) is 0 Å². The van der Waals surface area contributed by atoms with Crippen LogP contribution in [0.1, 0.15) is 53.9 Å². The van der Waals surface area contributed by atoms with E-state index in [0.717, 1.165) is 18.4 Å². The molecule has 0 aromatic heterocycles. The average Bonchev–Trinajstić information content (AvgIpc) is 2.95. The number of hydrogen-bond acceptors (Lipinski definition) is 3. The van der Waals surface area contributed by atoms with Crippen molar-refractivity contribution in [1.82, 2.24) is 5.32 Å². The second kappa shape index (κ2) is 4.41. The molecule has 3 rings (SSSR count). The molecule has 0 aromatic rings. The lowest BCUT2D eigenvalue weighted by molar-refractivity contribution is 0.126. The Morgan fingerprint density at radius 3 is 2.58 bits per heavy atom.